The molecule has 0 spiro atoms. The molecule has 0 unspecified atom stereocenters. The second kappa shape index (κ2) is 5.85. The number of carboxylic acids is 1. The first-order valence-corrected chi connectivity index (χ1v) is 8.46. The highest BCUT2D eigenvalue weighted by Crippen LogP contribution is 2.46. The van der Waals surface area contributed by atoms with Gasteiger partial charge in [-0.15, -0.1) is 16.4 Å². The number of thiophene rings is 1. The van der Waals surface area contributed by atoms with Gasteiger partial charge < -0.3 is 9.84 Å². The van der Waals surface area contributed by atoms with Gasteiger partial charge in [-0.1, -0.05) is 0 Å². The maximum atomic E-state index is 11.7. The number of fused-ring (bicyclic) bond motifs is 1. The number of methoxy groups -OCH3 is 1. The van der Waals surface area contributed by atoms with E-state index in [0.717, 1.165) is 17.7 Å². The van der Waals surface area contributed by atoms with Gasteiger partial charge in [-0.05, 0) is 37.0 Å². The van der Waals surface area contributed by atoms with Crippen molar-refractivity contribution in [3.63, 3.8) is 0 Å². The summed E-state index contributed by atoms with van der Waals surface area (Å²) >= 11 is 1.29. The zero-order valence-corrected chi connectivity index (χ0v) is 14.0. The number of hydrogen-bond donors (Lipinski definition) is 2. The number of carboxylic acid groups (broad SMARTS) is 1. The van der Waals surface area contributed by atoms with Crippen LogP contribution >= 0.6 is 11.3 Å². The molecule has 0 aliphatic heterocycles. The smallest absolute Gasteiger partial charge is 0.413 e. The third kappa shape index (κ3) is 2.82. The molecule has 3 heterocycles. The quantitative estimate of drug-likeness (QED) is 0.742. The van der Waals surface area contributed by atoms with Crippen molar-refractivity contribution in [2.75, 3.05) is 12.4 Å². The molecule has 1 aliphatic carbocycles. The van der Waals surface area contributed by atoms with Gasteiger partial charge in [0, 0.05) is 16.6 Å². The SMILES string of the molecule is COC(=O)Nc1nc(-c2cc(C3CC3)sc2C(=O)O)c2cccn2n1. The second-order valence-corrected chi connectivity index (χ2v) is 6.79. The lowest BCUT2D eigenvalue weighted by Gasteiger charge is -2.07. The van der Waals surface area contributed by atoms with Crippen LogP contribution in [0, 0.1) is 0 Å². The van der Waals surface area contributed by atoms with Gasteiger partial charge in [-0.3, -0.25) is 5.32 Å². The number of amides is 1. The largest absolute Gasteiger partial charge is 0.477 e. The van der Waals surface area contributed by atoms with E-state index >= 15 is 0 Å². The summed E-state index contributed by atoms with van der Waals surface area (Å²) in [7, 11) is 1.24. The Morgan fingerprint density at radius 2 is 2.24 bits per heavy atom. The third-order valence-corrected chi connectivity index (χ3v) is 5.26. The van der Waals surface area contributed by atoms with Gasteiger partial charge in [-0.2, -0.15) is 0 Å². The van der Waals surface area contributed by atoms with E-state index in [1.54, 1.807) is 22.8 Å². The normalized spacial score (nSPS) is 13.8. The van der Waals surface area contributed by atoms with E-state index in [1.165, 1.54) is 18.4 Å². The van der Waals surface area contributed by atoms with Crippen molar-refractivity contribution in [2.24, 2.45) is 0 Å². The summed E-state index contributed by atoms with van der Waals surface area (Å²) in [5, 5.41) is 16.2. The number of hydrogen-bond acceptors (Lipinski definition) is 6. The minimum atomic E-state index is -0.988. The van der Waals surface area contributed by atoms with Crippen molar-refractivity contribution in [3.05, 3.63) is 34.2 Å². The standard InChI is InChI=1S/C16H14N4O4S/c1-24-16(23)18-15-17-12(10-3-2-6-20(10)19-15)9-7-11(8-4-5-8)25-13(9)14(21)22/h2-3,6-8H,4-5H2,1H3,(H,21,22)(H,18,19,23). The van der Waals surface area contributed by atoms with Crippen LogP contribution in [0.1, 0.15) is 33.3 Å². The van der Waals surface area contributed by atoms with Crippen LogP contribution < -0.4 is 5.32 Å². The summed E-state index contributed by atoms with van der Waals surface area (Å²) < 4.78 is 6.12. The topological polar surface area (TPSA) is 106 Å². The molecule has 128 valence electrons. The molecule has 3 aromatic rings. The average Bonchev–Trinajstić information content (AvgIpc) is 3.16. The van der Waals surface area contributed by atoms with Crippen molar-refractivity contribution in [2.45, 2.75) is 18.8 Å². The molecular formula is C16H14N4O4S. The minimum absolute atomic E-state index is 0.0426. The number of rotatable bonds is 4. The highest BCUT2D eigenvalue weighted by Gasteiger charge is 2.29. The van der Waals surface area contributed by atoms with Gasteiger partial charge in [0.2, 0.25) is 0 Å². The van der Waals surface area contributed by atoms with Crippen LogP contribution in [0.3, 0.4) is 0 Å². The first-order chi connectivity index (χ1) is 12.1. The lowest BCUT2D eigenvalue weighted by atomic mass is 10.1. The zero-order chi connectivity index (χ0) is 17.6. The van der Waals surface area contributed by atoms with E-state index in [1.807, 2.05) is 6.07 Å². The van der Waals surface area contributed by atoms with Gasteiger partial charge >= 0.3 is 12.1 Å². The van der Waals surface area contributed by atoms with E-state index in [0.29, 0.717) is 22.7 Å². The number of nitrogens with zero attached hydrogens (tertiary/aromatic N) is 3. The molecule has 0 radical (unpaired) electrons. The van der Waals surface area contributed by atoms with Gasteiger partial charge in [0.05, 0.1) is 12.6 Å². The summed E-state index contributed by atoms with van der Waals surface area (Å²) in [6.45, 7) is 0. The lowest BCUT2D eigenvalue weighted by Crippen LogP contribution is -2.15. The van der Waals surface area contributed by atoms with Crippen LogP contribution in [0.5, 0.6) is 0 Å². The second-order valence-electron chi connectivity index (χ2n) is 5.71. The zero-order valence-electron chi connectivity index (χ0n) is 13.2. The van der Waals surface area contributed by atoms with Gasteiger partial charge in [-0.25, -0.2) is 19.1 Å². The van der Waals surface area contributed by atoms with Crippen molar-refractivity contribution < 1.29 is 19.4 Å². The molecule has 1 saturated carbocycles. The highest BCUT2D eigenvalue weighted by molar-refractivity contribution is 7.14. The highest BCUT2D eigenvalue weighted by atomic mass is 32.1. The molecule has 0 saturated heterocycles. The summed E-state index contributed by atoms with van der Waals surface area (Å²) in [5.74, 6) is -0.507. The molecule has 25 heavy (non-hydrogen) atoms. The van der Waals surface area contributed by atoms with Gasteiger partial charge in [0.15, 0.2) is 0 Å². The molecule has 0 bridgehead atoms. The number of anilines is 1. The number of carbonyl (C=O) groups excluding carboxylic acids is 1. The van der Waals surface area contributed by atoms with Gasteiger partial charge in [0.25, 0.3) is 5.95 Å². The van der Waals surface area contributed by atoms with Gasteiger partial charge in [0.1, 0.15) is 10.6 Å². The molecule has 1 aliphatic rings. The van der Waals surface area contributed by atoms with Crippen LogP contribution in [0.4, 0.5) is 10.7 Å². The van der Waals surface area contributed by atoms with Crippen molar-refractivity contribution >= 4 is 34.9 Å². The minimum Gasteiger partial charge on any atom is -0.477 e. The Labute approximate surface area is 146 Å². The Morgan fingerprint density at radius 3 is 2.92 bits per heavy atom. The maximum absolute atomic E-state index is 11.7. The molecule has 0 atom stereocenters. The number of aromatic nitrogens is 3. The summed E-state index contributed by atoms with van der Waals surface area (Å²) in [4.78, 5) is 28.8. The Balaban J connectivity index is 1.89. The first kappa shape index (κ1) is 15.6. The van der Waals surface area contributed by atoms with Crippen LogP contribution in [0.2, 0.25) is 0 Å². The lowest BCUT2D eigenvalue weighted by molar-refractivity contribution is 0.0703. The van der Waals surface area contributed by atoms with E-state index in [9.17, 15) is 14.7 Å². The van der Waals surface area contributed by atoms with E-state index in [2.05, 4.69) is 20.1 Å². The number of nitrogens with one attached hydrogen (secondary N) is 1. The Morgan fingerprint density at radius 1 is 1.44 bits per heavy atom. The Hall–Kier alpha value is -2.94. The fourth-order valence-electron chi connectivity index (χ4n) is 2.64. The maximum Gasteiger partial charge on any atom is 0.413 e. The molecule has 2 N–H and O–H groups in total. The molecular weight excluding hydrogens is 344 g/mol. The van der Waals surface area contributed by atoms with E-state index in [-0.39, 0.29) is 10.8 Å². The van der Waals surface area contributed by atoms with E-state index in [4.69, 9.17) is 0 Å². The molecule has 4 rings (SSSR count). The Bertz CT molecular complexity index is 989. The molecule has 1 fully saturated rings. The molecule has 0 aromatic carbocycles. The van der Waals surface area contributed by atoms with Crippen LogP contribution in [-0.2, 0) is 4.74 Å². The monoisotopic (exact) mass is 358 g/mol. The molecule has 1 amide bonds. The summed E-state index contributed by atoms with van der Waals surface area (Å²) in [5.41, 5.74) is 1.67. The third-order valence-electron chi connectivity index (χ3n) is 3.97. The Kier molecular flexibility index (Phi) is 3.65. The van der Waals surface area contributed by atoms with E-state index < -0.39 is 12.1 Å². The van der Waals surface area contributed by atoms with Crippen molar-refractivity contribution in [1.82, 2.24) is 14.6 Å². The van der Waals surface area contributed by atoms with Crippen LogP contribution in [0.25, 0.3) is 16.8 Å². The molecule has 3 aromatic heterocycles. The molecule has 9 heteroatoms. The molecule has 8 nitrogen and oxygen atoms in total. The van der Waals surface area contributed by atoms with Crippen molar-refractivity contribution in [3.8, 4) is 11.3 Å². The summed E-state index contributed by atoms with van der Waals surface area (Å²) in [6.07, 6.45) is 3.18. The predicted octanol–water partition coefficient (Wildman–Crippen LogP) is 3.21. The average molecular weight is 358 g/mol. The fourth-order valence-corrected chi connectivity index (χ4v) is 3.81. The van der Waals surface area contributed by atoms with Crippen LogP contribution in [-0.4, -0.2) is 38.9 Å². The first-order valence-electron chi connectivity index (χ1n) is 7.64. The number of carbonyl (C=O) groups is 2. The number of ether oxygens (including phenoxy) is 1. The fraction of sp³-hybridized carbons (Fsp3) is 0.250. The predicted molar refractivity (Wildman–Crippen MR) is 91.3 cm³/mol. The van der Waals surface area contributed by atoms with Crippen LogP contribution in [0.15, 0.2) is 24.4 Å². The van der Waals surface area contributed by atoms with Crippen molar-refractivity contribution in [1.29, 1.82) is 0 Å². The summed E-state index contributed by atoms with van der Waals surface area (Å²) in [6, 6.07) is 5.48. The number of aromatic carboxylic acids is 1.